The van der Waals surface area contributed by atoms with Crippen LogP contribution in [0.3, 0.4) is 0 Å². The quantitative estimate of drug-likeness (QED) is 0.267. The zero-order valence-electron chi connectivity index (χ0n) is 18.5. The number of ether oxygens (including phenoxy) is 2. The van der Waals surface area contributed by atoms with Crippen LogP contribution >= 0.6 is 0 Å². The van der Waals surface area contributed by atoms with E-state index in [4.69, 9.17) is 9.47 Å². The van der Waals surface area contributed by atoms with Gasteiger partial charge in [-0.1, -0.05) is 18.2 Å². The highest BCUT2D eigenvalue weighted by Gasteiger charge is 2.46. The van der Waals surface area contributed by atoms with Crippen molar-refractivity contribution in [3.63, 3.8) is 0 Å². The molecule has 1 saturated heterocycles. The predicted octanol–water partition coefficient (Wildman–Crippen LogP) is -0.289. The van der Waals surface area contributed by atoms with Crippen LogP contribution in [0, 0.1) is 11.3 Å². The third-order valence-corrected chi connectivity index (χ3v) is 5.77. The van der Waals surface area contributed by atoms with Crippen molar-refractivity contribution in [1.29, 1.82) is 5.26 Å². The van der Waals surface area contributed by atoms with E-state index in [-0.39, 0.29) is 17.0 Å². The van der Waals surface area contributed by atoms with Crippen molar-refractivity contribution < 1.29 is 38.3 Å². The lowest BCUT2D eigenvalue weighted by Gasteiger charge is -2.43. The van der Waals surface area contributed by atoms with Gasteiger partial charge in [0.05, 0.1) is 24.5 Å². The number of anilines is 1. The lowest BCUT2D eigenvalue weighted by atomic mass is 9.96. The van der Waals surface area contributed by atoms with Crippen molar-refractivity contribution in [2.45, 2.75) is 43.8 Å². The van der Waals surface area contributed by atoms with Gasteiger partial charge < -0.3 is 29.9 Å². The second kappa shape index (κ2) is 10.7. The number of aliphatic hydroxyl groups excluding tert-OH is 4. The van der Waals surface area contributed by atoms with E-state index in [9.17, 15) is 34.1 Å². The first-order chi connectivity index (χ1) is 16.0. The van der Waals surface area contributed by atoms with Gasteiger partial charge in [0, 0.05) is 11.3 Å². The molecule has 0 bridgehead atoms. The third kappa shape index (κ3) is 6.02. The van der Waals surface area contributed by atoms with E-state index in [1.165, 1.54) is 13.0 Å². The van der Waals surface area contributed by atoms with Gasteiger partial charge in [-0.15, -0.1) is 0 Å². The zero-order chi connectivity index (χ0) is 25.0. The highest BCUT2D eigenvalue weighted by Crippen LogP contribution is 2.36. The van der Waals surface area contributed by atoms with E-state index in [1.54, 1.807) is 36.4 Å². The van der Waals surface area contributed by atoms with Crippen LogP contribution in [0.2, 0.25) is 0 Å². The molecule has 6 N–H and O–H groups in total. The minimum atomic E-state index is -3.54. The highest BCUT2D eigenvalue weighted by atomic mass is 32.2. The maximum Gasteiger partial charge on any atom is 0.229 e. The molecule has 0 saturated carbocycles. The van der Waals surface area contributed by atoms with Crippen molar-refractivity contribution in [3.8, 4) is 22.9 Å². The fourth-order valence-electron chi connectivity index (χ4n) is 3.74. The van der Waals surface area contributed by atoms with Gasteiger partial charge in [0.2, 0.25) is 16.3 Å². The molecule has 34 heavy (non-hydrogen) atoms. The van der Waals surface area contributed by atoms with Gasteiger partial charge in [-0.3, -0.25) is 10.0 Å². The monoisotopic (exact) mass is 493 g/mol. The first-order valence-electron chi connectivity index (χ1n) is 10.4. The molecule has 6 atom stereocenters. The standard InChI is InChI=1S/C22H27N3O8S/c1-12(27)24-19-21(29)20(28)17(11-26)33-22(19)32-16-8-4-6-14(10-23)18(16)13-5-3-7-15(9-13)25-34(2,30)31/h3-9,12,17,19-22,24-29H,11H2,1-2H3/t12?,17?,19?,20-,21?,22+/m0/s1. The topological polar surface area (TPSA) is 181 Å². The molecule has 1 aliphatic rings. The van der Waals surface area contributed by atoms with Crippen LogP contribution in [0.15, 0.2) is 42.5 Å². The lowest BCUT2D eigenvalue weighted by Crippen LogP contribution is -2.65. The van der Waals surface area contributed by atoms with Crippen molar-refractivity contribution in [2.75, 3.05) is 17.6 Å². The average molecular weight is 494 g/mol. The van der Waals surface area contributed by atoms with Gasteiger partial charge in [-0.2, -0.15) is 5.26 Å². The molecule has 11 nitrogen and oxygen atoms in total. The van der Waals surface area contributed by atoms with Crippen LogP contribution in [-0.4, -0.2) is 78.6 Å². The molecule has 4 unspecified atom stereocenters. The summed E-state index contributed by atoms with van der Waals surface area (Å²) >= 11 is 0. The van der Waals surface area contributed by atoms with Crippen molar-refractivity contribution in [2.24, 2.45) is 0 Å². The molecule has 12 heteroatoms. The molecule has 1 fully saturated rings. The number of benzene rings is 2. The lowest BCUT2D eigenvalue weighted by molar-refractivity contribution is -0.248. The van der Waals surface area contributed by atoms with Gasteiger partial charge >= 0.3 is 0 Å². The Morgan fingerprint density at radius 2 is 1.91 bits per heavy atom. The molecular formula is C22H27N3O8S. The molecule has 0 amide bonds. The summed E-state index contributed by atoms with van der Waals surface area (Å²) in [6, 6.07) is 12.0. The van der Waals surface area contributed by atoms with Crippen molar-refractivity contribution >= 4 is 15.7 Å². The van der Waals surface area contributed by atoms with E-state index in [0.29, 0.717) is 11.1 Å². The zero-order valence-corrected chi connectivity index (χ0v) is 19.3. The summed E-state index contributed by atoms with van der Waals surface area (Å²) < 4.78 is 37.4. The summed E-state index contributed by atoms with van der Waals surface area (Å²) in [5.41, 5.74) is 1.31. The fourth-order valence-corrected chi connectivity index (χ4v) is 4.29. The number of nitrogens with one attached hydrogen (secondary N) is 2. The summed E-state index contributed by atoms with van der Waals surface area (Å²) in [4.78, 5) is 0. The van der Waals surface area contributed by atoms with E-state index >= 15 is 0 Å². The van der Waals surface area contributed by atoms with Crippen LogP contribution in [0.1, 0.15) is 12.5 Å². The highest BCUT2D eigenvalue weighted by molar-refractivity contribution is 7.92. The molecule has 0 aromatic heterocycles. The van der Waals surface area contributed by atoms with Crippen LogP contribution in [0.4, 0.5) is 5.69 Å². The first kappa shape index (κ1) is 25.9. The molecule has 184 valence electrons. The van der Waals surface area contributed by atoms with Crippen molar-refractivity contribution in [1.82, 2.24) is 5.32 Å². The number of nitrogens with zero attached hydrogens (tertiary/aromatic N) is 1. The Morgan fingerprint density at radius 3 is 2.53 bits per heavy atom. The van der Waals surface area contributed by atoms with Gasteiger partial charge in [-0.05, 0) is 36.8 Å². The maximum absolute atomic E-state index is 11.6. The molecular weight excluding hydrogens is 466 g/mol. The summed E-state index contributed by atoms with van der Waals surface area (Å²) in [7, 11) is -3.54. The maximum atomic E-state index is 11.6. The van der Waals surface area contributed by atoms with E-state index < -0.39 is 53.5 Å². The molecule has 0 aliphatic carbocycles. The Balaban J connectivity index is 2.04. The van der Waals surface area contributed by atoms with Crippen LogP contribution in [0.5, 0.6) is 5.75 Å². The van der Waals surface area contributed by atoms with Crippen LogP contribution < -0.4 is 14.8 Å². The Hall–Kier alpha value is -2.76. The number of nitriles is 1. The summed E-state index contributed by atoms with van der Waals surface area (Å²) in [5.74, 6) is 0.165. The minimum Gasteiger partial charge on any atom is -0.462 e. The molecule has 0 radical (unpaired) electrons. The molecule has 3 rings (SSSR count). The number of aliphatic hydroxyl groups is 4. The van der Waals surface area contributed by atoms with Crippen molar-refractivity contribution in [3.05, 3.63) is 48.0 Å². The normalized spacial score (nSPS) is 25.9. The van der Waals surface area contributed by atoms with Gasteiger partial charge in [-0.25, -0.2) is 8.42 Å². The predicted molar refractivity (Wildman–Crippen MR) is 122 cm³/mol. The van der Waals surface area contributed by atoms with Crippen LogP contribution in [0.25, 0.3) is 11.1 Å². The van der Waals surface area contributed by atoms with E-state index in [2.05, 4.69) is 16.1 Å². The number of hydrogen-bond donors (Lipinski definition) is 6. The Labute approximate surface area is 197 Å². The molecule has 2 aromatic rings. The Morgan fingerprint density at radius 1 is 1.21 bits per heavy atom. The molecule has 1 aliphatic heterocycles. The fraction of sp³-hybridized carbons (Fsp3) is 0.409. The molecule has 0 spiro atoms. The summed E-state index contributed by atoms with van der Waals surface area (Å²) in [6.07, 6.45) is -5.38. The third-order valence-electron chi connectivity index (χ3n) is 5.16. The number of hydrogen-bond acceptors (Lipinski definition) is 10. The first-order valence-corrected chi connectivity index (χ1v) is 12.3. The van der Waals surface area contributed by atoms with E-state index in [1.807, 2.05) is 0 Å². The smallest absolute Gasteiger partial charge is 0.229 e. The minimum absolute atomic E-state index is 0.165. The van der Waals surface area contributed by atoms with Gasteiger partial charge in [0.1, 0.15) is 36.3 Å². The second-order valence-electron chi connectivity index (χ2n) is 7.94. The average Bonchev–Trinajstić information content (AvgIpc) is 2.77. The largest absolute Gasteiger partial charge is 0.462 e. The number of rotatable bonds is 8. The Kier molecular flexibility index (Phi) is 8.11. The number of sulfonamides is 1. The summed E-state index contributed by atoms with van der Waals surface area (Å²) in [6.45, 7) is 0.820. The SMILES string of the molecule is CC(O)NC1C(O)[C@@H](O)C(CO)O[C@H]1Oc1cccc(C#N)c1-c1cccc(NS(C)(=O)=O)c1. The Bertz CT molecular complexity index is 1150. The van der Waals surface area contributed by atoms with E-state index in [0.717, 1.165) is 6.26 Å². The summed E-state index contributed by atoms with van der Waals surface area (Å²) in [5, 5.41) is 52.5. The van der Waals surface area contributed by atoms with Gasteiger partial charge in [0.15, 0.2) is 0 Å². The van der Waals surface area contributed by atoms with Gasteiger partial charge in [0.25, 0.3) is 0 Å². The molecule has 2 aromatic carbocycles. The second-order valence-corrected chi connectivity index (χ2v) is 9.69. The molecule has 1 heterocycles. The van der Waals surface area contributed by atoms with Crippen LogP contribution in [-0.2, 0) is 14.8 Å².